The van der Waals surface area contributed by atoms with Crippen molar-refractivity contribution < 1.29 is 31.1 Å². The van der Waals surface area contributed by atoms with Gasteiger partial charge in [0, 0.05) is 30.9 Å². The third kappa shape index (κ3) is 4.65. The van der Waals surface area contributed by atoms with E-state index in [-0.39, 0.29) is 34.0 Å². The zero-order chi connectivity index (χ0) is 22.4. The summed E-state index contributed by atoms with van der Waals surface area (Å²) in [4.78, 5) is 18.4. The third-order valence-corrected chi connectivity index (χ3v) is 6.14. The van der Waals surface area contributed by atoms with Gasteiger partial charge in [0.2, 0.25) is 10.0 Å². The number of rotatable bonds is 4. The highest BCUT2D eigenvalue weighted by Gasteiger charge is 2.37. The summed E-state index contributed by atoms with van der Waals surface area (Å²) in [6.07, 6.45) is -3.19. The minimum Gasteiger partial charge on any atom is -0.376 e. The molecule has 2 unspecified atom stereocenters. The van der Waals surface area contributed by atoms with Gasteiger partial charge in [-0.15, -0.1) is 0 Å². The Labute approximate surface area is 176 Å². The first kappa shape index (κ1) is 21.5. The summed E-state index contributed by atoms with van der Waals surface area (Å²) in [5.41, 5.74) is -1.25. The number of halogens is 3. The summed E-state index contributed by atoms with van der Waals surface area (Å²) in [6, 6.07) is 5.88. The lowest BCUT2D eigenvalue weighted by Gasteiger charge is -2.32. The van der Waals surface area contributed by atoms with E-state index < -0.39 is 27.7 Å². The summed E-state index contributed by atoms with van der Waals surface area (Å²) < 4.78 is 68.5. The van der Waals surface area contributed by atoms with E-state index in [4.69, 9.17) is 9.88 Å². The second kappa shape index (κ2) is 7.77. The second-order valence-corrected chi connectivity index (χ2v) is 9.14. The molecule has 0 spiro atoms. The van der Waals surface area contributed by atoms with Gasteiger partial charge in [-0.3, -0.25) is 4.79 Å². The Morgan fingerprint density at radius 2 is 2.03 bits per heavy atom. The van der Waals surface area contributed by atoms with Gasteiger partial charge in [0.25, 0.3) is 5.91 Å². The topological polar surface area (TPSA) is 115 Å². The van der Waals surface area contributed by atoms with Crippen molar-refractivity contribution in [3.8, 4) is 0 Å². The van der Waals surface area contributed by atoms with Crippen molar-refractivity contribution in [3.05, 3.63) is 47.7 Å². The molecule has 0 radical (unpaired) electrons. The second-order valence-electron chi connectivity index (χ2n) is 7.58. The van der Waals surface area contributed by atoms with Crippen molar-refractivity contribution in [2.45, 2.75) is 23.6 Å². The number of piperidine rings is 1. The SMILES string of the molecule is NS(=O)(=O)c1cccc(NC(=O)c2cc(C(F)(F)F)cnc2N2CC3COC(C3)C2)c1. The number of carbonyl (C=O) groups is 1. The number of pyridine rings is 1. The molecule has 1 aromatic carbocycles. The van der Waals surface area contributed by atoms with Gasteiger partial charge >= 0.3 is 6.18 Å². The molecule has 2 aliphatic heterocycles. The molecule has 166 valence electrons. The Kier molecular flexibility index (Phi) is 5.40. The number of sulfonamides is 1. The van der Waals surface area contributed by atoms with Crippen LogP contribution in [0.5, 0.6) is 0 Å². The van der Waals surface area contributed by atoms with Crippen LogP contribution in [-0.2, 0) is 20.9 Å². The van der Waals surface area contributed by atoms with Crippen LogP contribution in [0, 0.1) is 5.92 Å². The molecule has 2 bridgehead atoms. The lowest BCUT2D eigenvalue weighted by Crippen LogP contribution is -2.40. The number of nitrogens with zero attached hydrogens (tertiary/aromatic N) is 2. The number of ether oxygens (including phenoxy) is 1. The number of amides is 1. The summed E-state index contributed by atoms with van der Waals surface area (Å²) in [7, 11) is -4.02. The minimum atomic E-state index is -4.68. The average molecular weight is 456 g/mol. The Balaban J connectivity index is 1.69. The normalized spacial score (nSPS) is 21.2. The van der Waals surface area contributed by atoms with Crippen LogP contribution >= 0.6 is 0 Å². The number of hydrogen-bond acceptors (Lipinski definition) is 6. The van der Waals surface area contributed by atoms with E-state index in [1.807, 2.05) is 0 Å². The van der Waals surface area contributed by atoms with Crippen molar-refractivity contribution in [2.75, 3.05) is 29.9 Å². The molecular weight excluding hydrogens is 437 g/mol. The molecule has 31 heavy (non-hydrogen) atoms. The summed E-state index contributed by atoms with van der Waals surface area (Å²) >= 11 is 0. The van der Waals surface area contributed by atoms with Gasteiger partial charge in [-0.05, 0) is 30.7 Å². The van der Waals surface area contributed by atoms with Crippen LogP contribution in [0.4, 0.5) is 24.7 Å². The first-order valence-electron chi connectivity index (χ1n) is 9.39. The number of fused-ring (bicyclic) bond motifs is 2. The highest BCUT2D eigenvalue weighted by molar-refractivity contribution is 7.89. The number of hydrogen-bond donors (Lipinski definition) is 2. The number of primary sulfonamides is 1. The van der Waals surface area contributed by atoms with Crippen LogP contribution in [0.15, 0.2) is 41.4 Å². The van der Waals surface area contributed by atoms with Gasteiger partial charge in [0.1, 0.15) is 5.82 Å². The predicted molar refractivity (Wildman–Crippen MR) is 105 cm³/mol. The molecular formula is C19H19F3N4O4S. The van der Waals surface area contributed by atoms with Gasteiger partial charge in [-0.1, -0.05) is 6.07 Å². The smallest absolute Gasteiger partial charge is 0.376 e. The van der Waals surface area contributed by atoms with E-state index in [0.717, 1.165) is 18.6 Å². The van der Waals surface area contributed by atoms with Gasteiger partial charge in [-0.25, -0.2) is 18.5 Å². The van der Waals surface area contributed by atoms with Gasteiger partial charge in [-0.2, -0.15) is 13.2 Å². The number of nitrogens with two attached hydrogens (primary N) is 1. The van der Waals surface area contributed by atoms with Gasteiger partial charge < -0.3 is 15.0 Å². The molecule has 0 aliphatic carbocycles. The van der Waals surface area contributed by atoms with E-state index >= 15 is 0 Å². The maximum atomic E-state index is 13.3. The van der Waals surface area contributed by atoms with E-state index in [1.165, 1.54) is 18.2 Å². The largest absolute Gasteiger partial charge is 0.417 e. The quantitative estimate of drug-likeness (QED) is 0.729. The van der Waals surface area contributed by atoms with Crippen molar-refractivity contribution in [2.24, 2.45) is 11.1 Å². The lowest BCUT2D eigenvalue weighted by atomic mass is 9.99. The highest BCUT2D eigenvalue weighted by Crippen LogP contribution is 2.35. The first-order valence-corrected chi connectivity index (χ1v) is 10.9. The molecule has 0 saturated carbocycles. The molecule has 3 heterocycles. The molecule has 2 fully saturated rings. The van der Waals surface area contributed by atoms with Crippen LogP contribution in [0.1, 0.15) is 22.3 Å². The maximum Gasteiger partial charge on any atom is 0.417 e. The van der Waals surface area contributed by atoms with Crippen LogP contribution in [-0.4, -0.2) is 45.1 Å². The number of carbonyl (C=O) groups excluding carboxylic acids is 1. The Bertz CT molecular complexity index is 1110. The predicted octanol–water partition coefficient (Wildman–Crippen LogP) is 2.23. The standard InChI is InChI=1S/C19H19F3N4O4S/c20-19(21,22)12-5-16(17(24-7-12)26-8-11-4-14(9-26)30-10-11)18(27)25-13-2-1-3-15(6-13)31(23,28)29/h1-3,5-7,11,14H,4,8-10H2,(H,25,27)(H2,23,28,29). The van der Waals surface area contributed by atoms with Crippen LogP contribution in [0.3, 0.4) is 0 Å². The van der Waals surface area contributed by atoms with E-state index in [1.54, 1.807) is 4.90 Å². The average Bonchev–Trinajstić information content (AvgIpc) is 3.04. The number of alkyl halides is 3. The molecule has 2 aromatic rings. The Morgan fingerprint density at radius 3 is 2.71 bits per heavy atom. The molecule has 1 amide bonds. The fraction of sp³-hybridized carbons (Fsp3) is 0.368. The van der Waals surface area contributed by atoms with Crippen molar-refractivity contribution in [3.63, 3.8) is 0 Å². The third-order valence-electron chi connectivity index (χ3n) is 5.23. The number of anilines is 2. The summed E-state index contributed by atoms with van der Waals surface area (Å²) in [5, 5.41) is 7.54. The van der Waals surface area contributed by atoms with E-state index in [9.17, 15) is 26.4 Å². The number of aromatic nitrogens is 1. The van der Waals surface area contributed by atoms with Gasteiger partial charge in [0.15, 0.2) is 0 Å². The van der Waals surface area contributed by atoms with Crippen molar-refractivity contribution in [1.82, 2.24) is 4.98 Å². The Morgan fingerprint density at radius 1 is 1.26 bits per heavy atom. The molecule has 8 nitrogen and oxygen atoms in total. The number of nitrogens with one attached hydrogen (secondary N) is 1. The fourth-order valence-corrected chi connectivity index (χ4v) is 4.38. The van der Waals surface area contributed by atoms with Crippen molar-refractivity contribution >= 4 is 27.4 Å². The summed E-state index contributed by atoms with van der Waals surface area (Å²) in [6.45, 7) is 1.48. The van der Waals surface area contributed by atoms with E-state index in [0.29, 0.717) is 25.9 Å². The molecule has 2 saturated heterocycles. The molecule has 2 atom stereocenters. The first-order chi connectivity index (χ1) is 14.5. The highest BCUT2D eigenvalue weighted by atomic mass is 32.2. The zero-order valence-corrected chi connectivity index (χ0v) is 16.9. The van der Waals surface area contributed by atoms with Crippen LogP contribution < -0.4 is 15.4 Å². The lowest BCUT2D eigenvalue weighted by molar-refractivity contribution is -0.137. The molecule has 12 heteroatoms. The molecule has 4 rings (SSSR count). The van der Waals surface area contributed by atoms with Crippen molar-refractivity contribution in [1.29, 1.82) is 0 Å². The molecule has 2 aliphatic rings. The zero-order valence-electron chi connectivity index (χ0n) is 16.1. The molecule has 1 aromatic heterocycles. The number of benzene rings is 1. The molecule has 3 N–H and O–H groups in total. The monoisotopic (exact) mass is 456 g/mol. The van der Waals surface area contributed by atoms with E-state index in [2.05, 4.69) is 10.3 Å². The summed E-state index contributed by atoms with van der Waals surface area (Å²) in [5.74, 6) is -0.516. The maximum absolute atomic E-state index is 13.3. The van der Waals surface area contributed by atoms with Crippen LogP contribution in [0.25, 0.3) is 0 Å². The minimum absolute atomic E-state index is 0.0646. The fourth-order valence-electron chi connectivity index (χ4n) is 3.82. The van der Waals surface area contributed by atoms with Gasteiger partial charge in [0.05, 0.1) is 28.7 Å². The van der Waals surface area contributed by atoms with Crippen LogP contribution in [0.2, 0.25) is 0 Å². The Hall–Kier alpha value is -2.70.